The van der Waals surface area contributed by atoms with Gasteiger partial charge in [-0.15, -0.1) is 0 Å². The summed E-state index contributed by atoms with van der Waals surface area (Å²) < 4.78 is 21.7. The van der Waals surface area contributed by atoms with Crippen molar-refractivity contribution in [3.8, 4) is 0 Å². The summed E-state index contributed by atoms with van der Waals surface area (Å²) in [6.45, 7) is 7.96. The lowest BCUT2D eigenvalue weighted by Gasteiger charge is -2.32. The van der Waals surface area contributed by atoms with Crippen LogP contribution in [0.25, 0.3) is 0 Å². The second kappa shape index (κ2) is 9.68. The number of halogens is 1. The molecule has 0 aromatic carbocycles. The summed E-state index contributed by atoms with van der Waals surface area (Å²) in [7, 11) is 2.18. The molecule has 2 aromatic rings. The van der Waals surface area contributed by atoms with Gasteiger partial charge in [-0.2, -0.15) is 0 Å². The van der Waals surface area contributed by atoms with E-state index in [0.717, 1.165) is 9.94 Å². The van der Waals surface area contributed by atoms with Crippen molar-refractivity contribution >= 4 is 40.4 Å². The number of hydrogen-bond donors (Lipinski definition) is 0. The Bertz CT molecular complexity index is 871. The smallest absolute Gasteiger partial charge is 0.464 e. The molecule has 3 rings (SSSR count). The highest BCUT2D eigenvalue weighted by atomic mass is 79.9. The predicted molar refractivity (Wildman–Crippen MR) is 115 cm³/mol. The maximum absolute atomic E-state index is 11.3. The number of carbonyl (C=O) groups is 2. The molecule has 1 aliphatic rings. The van der Waals surface area contributed by atoms with Crippen molar-refractivity contribution in [2.45, 2.75) is 38.9 Å². The number of pyridine rings is 2. The first-order chi connectivity index (χ1) is 14.0. The van der Waals surface area contributed by atoms with Crippen molar-refractivity contribution in [3.63, 3.8) is 0 Å². The Morgan fingerprint density at radius 1 is 0.867 bits per heavy atom. The van der Waals surface area contributed by atoms with E-state index >= 15 is 0 Å². The summed E-state index contributed by atoms with van der Waals surface area (Å²) >= 11 is 3.20. The Morgan fingerprint density at radius 2 is 1.33 bits per heavy atom. The lowest BCUT2D eigenvalue weighted by Crippen LogP contribution is -2.41. The van der Waals surface area contributed by atoms with Crippen LogP contribution in [-0.2, 0) is 18.8 Å². The van der Waals surface area contributed by atoms with Crippen LogP contribution >= 0.6 is 15.9 Å². The first kappa shape index (κ1) is 24.0. The van der Waals surface area contributed by atoms with Crippen LogP contribution in [0.4, 0.5) is 0 Å². The summed E-state index contributed by atoms with van der Waals surface area (Å²) in [6.07, 6.45) is 3.13. The van der Waals surface area contributed by atoms with E-state index < -0.39 is 30.3 Å². The highest BCUT2D eigenvalue weighted by Crippen LogP contribution is 2.36. The molecule has 160 valence electrons. The standard InChI is InChI=1S/C13H18BNO4.C7H6BrNO2/c1-12(2)13(3,4)19-14(18-12)9-6-7-10(15-8-9)11(16)17-5;1-11-7(10)6-3-2-5(8)4-9-6/h6-8H,1-5H3;2-4H,1H3. The summed E-state index contributed by atoms with van der Waals surface area (Å²) in [4.78, 5) is 30.0. The Balaban J connectivity index is 0.000000248. The van der Waals surface area contributed by atoms with Crippen LogP contribution in [0.1, 0.15) is 48.7 Å². The highest BCUT2D eigenvalue weighted by Gasteiger charge is 2.51. The SMILES string of the molecule is COC(=O)c1ccc(B2OC(C)(C)C(C)(C)O2)cn1.COC(=O)c1ccc(Br)cn1. The Labute approximate surface area is 184 Å². The zero-order chi connectivity index (χ0) is 22.5. The second-order valence-electron chi connectivity index (χ2n) is 7.41. The fourth-order valence-corrected chi connectivity index (χ4v) is 2.58. The highest BCUT2D eigenvalue weighted by molar-refractivity contribution is 9.10. The van der Waals surface area contributed by atoms with Crippen LogP contribution in [-0.4, -0.2) is 54.4 Å². The largest absolute Gasteiger partial charge is 0.496 e. The topological polar surface area (TPSA) is 96.8 Å². The van der Waals surface area contributed by atoms with Gasteiger partial charge in [0.25, 0.3) is 0 Å². The van der Waals surface area contributed by atoms with Crippen LogP contribution in [0, 0.1) is 0 Å². The molecule has 1 saturated heterocycles. The van der Waals surface area contributed by atoms with Crippen molar-refractivity contribution < 1.29 is 28.4 Å². The summed E-state index contributed by atoms with van der Waals surface area (Å²) in [5.74, 6) is -0.877. The quantitative estimate of drug-likeness (QED) is 0.490. The minimum Gasteiger partial charge on any atom is -0.464 e. The van der Waals surface area contributed by atoms with Crippen molar-refractivity contribution in [1.29, 1.82) is 0 Å². The maximum Gasteiger partial charge on any atom is 0.496 e. The molecule has 0 N–H and O–H groups in total. The van der Waals surface area contributed by atoms with E-state index in [0.29, 0.717) is 5.69 Å². The molecule has 30 heavy (non-hydrogen) atoms. The monoisotopic (exact) mass is 478 g/mol. The summed E-state index contributed by atoms with van der Waals surface area (Å²) in [5, 5.41) is 0. The normalized spacial score (nSPS) is 16.3. The number of carbonyl (C=O) groups excluding carboxylic acids is 2. The van der Waals surface area contributed by atoms with Crippen molar-refractivity contribution in [2.75, 3.05) is 14.2 Å². The number of aromatic nitrogens is 2. The third-order valence-electron chi connectivity index (χ3n) is 4.83. The molecule has 1 aliphatic heterocycles. The molecule has 3 heterocycles. The van der Waals surface area contributed by atoms with Gasteiger partial charge in [0.05, 0.1) is 25.4 Å². The molecule has 10 heteroatoms. The van der Waals surface area contributed by atoms with E-state index in [2.05, 4.69) is 35.4 Å². The fourth-order valence-electron chi connectivity index (χ4n) is 2.35. The maximum atomic E-state index is 11.3. The molecule has 0 unspecified atom stereocenters. The van der Waals surface area contributed by atoms with Gasteiger partial charge < -0.3 is 18.8 Å². The molecule has 0 spiro atoms. The van der Waals surface area contributed by atoms with Gasteiger partial charge in [0.2, 0.25) is 0 Å². The molecule has 0 saturated carbocycles. The summed E-state index contributed by atoms with van der Waals surface area (Å²) in [6, 6.07) is 6.70. The van der Waals surface area contributed by atoms with Crippen LogP contribution in [0.5, 0.6) is 0 Å². The Morgan fingerprint density at radius 3 is 1.70 bits per heavy atom. The molecule has 0 aliphatic carbocycles. The first-order valence-electron chi connectivity index (χ1n) is 9.10. The molecule has 0 atom stereocenters. The predicted octanol–water partition coefficient (Wildman–Crippen LogP) is 2.80. The molecule has 8 nitrogen and oxygen atoms in total. The number of esters is 2. The van der Waals surface area contributed by atoms with Gasteiger partial charge in [-0.3, -0.25) is 0 Å². The zero-order valence-electron chi connectivity index (χ0n) is 17.8. The van der Waals surface area contributed by atoms with E-state index in [4.69, 9.17) is 9.31 Å². The van der Waals surface area contributed by atoms with Gasteiger partial charge in [0.1, 0.15) is 11.4 Å². The lowest BCUT2D eigenvalue weighted by atomic mass is 9.80. The van der Waals surface area contributed by atoms with Gasteiger partial charge in [0, 0.05) is 22.3 Å². The summed E-state index contributed by atoms with van der Waals surface area (Å²) in [5.41, 5.74) is 0.585. The molecule has 0 amide bonds. The third kappa shape index (κ3) is 5.65. The van der Waals surface area contributed by atoms with E-state index in [1.807, 2.05) is 27.7 Å². The molecule has 2 aromatic heterocycles. The Hall–Kier alpha value is -2.30. The van der Waals surface area contributed by atoms with Gasteiger partial charge in [-0.05, 0) is 61.8 Å². The first-order valence-corrected chi connectivity index (χ1v) is 9.90. The van der Waals surface area contributed by atoms with E-state index in [1.54, 1.807) is 36.7 Å². The number of nitrogens with zero attached hydrogens (tertiary/aromatic N) is 2. The van der Waals surface area contributed by atoms with E-state index in [9.17, 15) is 9.59 Å². The van der Waals surface area contributed by atoms with Crippen LogP contribution < -0.4 is 5.46 Å². The van der Waals surface area contributed by atoms with E-state index in [1.165, 1.54) is 14.2 Å². The van der Waals surface area contributed by atoms with Gasteiger partial charge in [-0.1, -0.05) is 6.07 Å². The van der Waals surface area contributed by atoms with E-state index in [-0.39, 0.29) is 5.69 Å². The number of rotatable bonds is 3. The van der Waals surface area contributed by atoms with Crippen molar-refractivity contribution in [3.05, 3.63) is 52.5 Å². The van der Waals surface area contributed by atoms with Gasteiger partial charge in [-0.25, -0.2) is 19.6 Å². The van der Waals surface area contributed by atoms with Crippen molar-refractivity contribution in [2.24, 2.45) is 0 Å². The molecular formula is C20H24BBrN2O6. The number of hydrogen-bond acceptors (Lipinski definition) is 8. The minimum absolute atomic E-state index is 0.266. The fraction of sp³-hybridized carbons (Fsp3) is 0.400. The molecular weight excluding hydrogens is 455 g/mol. The molecule has 0 bridgehead atoms. The van der Waals surface area contributed by atoms with Crippen LogP contribution in [0.3, 0.4) is 0 Å². The average molecular weight is 479 g/mol. The second-order valence-corrected chi connectivity index (χ2v) is 8.33. The number of ether oxygens (including phenoxy) is 2. The molecule has 0 radical (unpaired) electrons. The average Bonchev–Trinajstić information content (AvgIpc) is 2.95. The minimum atomic E-state index is -0.468. The van der Waals surface area contributed by atoms with Gasteiger partial charge >= 0.3 is 19.1 Å². The van der Waals surface area contributed by atoms with Crippen molar-refractivity contribution in [1.82, 2.24) is 9.97 Å². The zero-order valence-corrected chi connectivity index (χ0v) is 19.3. The molecule has 1 fully saturated rings. The lowest BCUT2D eigenvalue weighted by molar-refractivity contribution is 0.00578. The third-order valence-corrected chi connectivity index (χ3v) is 5.30. The van der Waals surface area contributed by atoms with Crippen LogP contribution in [0.2, 0.25) is 0 Å². The number of methoxy groups -OCH3 is 2. The van der Waals surface area contributed by atoms with Crippen LogP contribution in [0.15, 0.2) is 41.1 Å². The van der Waals surface area contributed by atoms with Gasteiger partial charge in [0.15, 0.2) is 0 Å². The Kier molecular flexibility index (Phi) is 7.73.